The van der Waals surface area contributed by atoms with Crippen LogP contribution in [0.5, 0.6) is 0 Å². The Morgan fingerprint density at radius 3 is 2.14 bits per heavy atom. The number of ether oxygens (including phenoxy) is 1. The van der Waals surface area contributed by atoms with Crippen LogP contribution in [0.4, 0.5) is 0 Å². The molecule has 0 unspecified atom stereocenters. The second-order valence-corrected chi connectivity index (χ2v) is 2.71. The zero-order valence-electron chi connectivity index (χ0n) is 8.45. The van der Waals surface area contributed by atoms with Crippen LogP contribution in [0.2, 0.25) is 0 Å². The van der Waals surface area contributed by atoms with Gasteiger partial charge in [-0.25, -0.2) is 0 Å². The van der Waals surface area contributed by atoms with Crippen LogP contribution in [0.15, 0.2) is 24.3 Å². The first-order valence-electron chi connectivity index (χ1n) is 4.37. The third-order valence-electron chi connectivity index (χ3n) is 1.59. The van der Waals surface area contributed by atoms with Crippen LogP contribution in [-0.4, -0.2) is 12.8 Å². The highest BCUT2D eigenvalue weighted by molar-refractivity contribution is 5.20. The summed E-state index contributed by atoms with van der Waals surface area (Å²) in [4.78, 5) is 16.2. The van der Waals surface area contributed by atoms with Gasteiger partial charge in [0.15, 0.2) is 0 Å². The number of hydrogen-bond donors (Lipinski definition) is 0. The van der Waals surface area contributed by atoms with Crippen molar-refractivity contribution in [3.8, 4) is 0 Å². The summed E-state index contributed by atoms with van der Waals surface area (Å²) in [5, 5.41) is 0. The summed E-state index contributed by atoms with van der Waals surface area (Å²) in [7, 11) is 0. The van der Waals surface area contributed by atoms with Gasteiger partial charge in [-0.15, -0.1) is 0 Å². The Morgan fingerprint density at radius 2 is 1.71 bits per heavy atom. The summed E-state index contributed by atoms with van der Waals surface area (Å²) in [5.41, 5.74) is 2.54. The van der Waals surface area contributed by atoms with Gasteiger partial charge in [0.2, 0.25) is 0 Å². The van der Waals surface area contributed by atoms with E-state index in [2.05, 4.69) is 31.2 Å². The molecule has 0 bridgehead atoms. The summed E-state index contributed by atoms with van der Waals surface area (Å²) in [6.45, 7) is 5.61. The van der Waals surface area contributed by atoms with E-state index in [0.29, 0.717) is 0 Å². The predicted molar refractivity (Wildman–Crippen MR) is 51.5 cm³/mol. The minimum absolute atomic E-state index is 0.250. The van der Waals surface area contributed by atoms with Gasteiger partial charge in [-0.05, 0) is 19.4 Å². The minimum atomic E-state index is 0.250. The molecule has 0 aliphatic carbocycles. The molecule has 0 radical (unpaired) electrons. The third-order valence-corrected chi connectivity index (χ3v) is 1.59. The molecule has 0 N–H and O–H groups in total. The zero-order chi connectivity index (χ0) is 10.8. The molecular formula is C11H14O3. The van der Waals surface area contributed by atoms with Gasteiger partial charge in [0.25, 0.3) is 0 Å². The molecule has 76 valence electrons. The molecule has 0 spiro atoms. The van der Waals surface area contributed by atoms with Crippen molar-refractivity contribution in [1.82, 2.24) is 0 Å². The fourth-order valence-electron chi connectivity index (χ4n) is 0.904. The summed E-state index contributed by atoms with van der Waals surface area (Å²) < 4.78 is 5.26. The van der Waals surface area contributed by atoms with Gasteiger partial charge >= 0.3 is 6.15 Å². The summed E-state index contributed by atoms with van der Waals surface area (Å²) >= 11 is 0. The number of benzene rings is 1. The van der Waals surface area contributed by atoms with Crippen LogP contribution in [0.25, 0.3) is 0 Å². The lowest BCUT2D eigenvalue weighted by molar-refractivity contribution is -0.191. The summed E-state index contributed by atoms with van der Waals surface area (Å²) in [6, 6.07) is 8.42. The highest BCUT2D eigenvalue weighted by atomic mass is 16.5. The summed E-state index contributed by atoms with van der Waals surface area (Å²) in [6.07, 6.45) is 0.250. The van der Waals surface area contributed by atoms with Gasteiger partial charge in [-0.2, -0.15) is 9.59 Å². The van der Waals surface area contributed by atoms with E-state index < -0.39 is 0 Å². The van der Waals surface area contributed by atoms with E-state index in [9.17, 15) is 0 Å². The van der Waals surface area contributed by atoms with Gasteiger partial charge in [-0.3, -0.25) is 0 Å². The standard InChI is InChI=1S/C10H14O.CO2/c1-3-11-8-10-6-4-9(2)5-7-10;2-1-3/h4-7H,3,8H2,1-2H3;. The van der Waals surface area contributed by atoms with Gasteiger partial charge < -0.3 is 4.74 Å². The predicted octanol–water partition coefficient (Wildman–Crippen LogP) is 1.95. The number of hydrogen-bond acceptors (Lipinski definition) is 3. The maximum absolute atomic E-state index is 8.12. The molecule has 1 aromatic carbocycles. The maximum Gasteiger partial charge on any atom is 0.373 e. The molecule has 0 saturated carbocycles. The van der Waals surface area contributed by atoms with E-state index in [0.717, 1.165) is 13.2 Å². The molecule has 0 amide bonds. The number of rotatable bonds is 3. The first-order valence-corrected chi connectivity index (χ1v) is 4.37. The van der Waals surface area contributed by atoms with E-state index in [-0.39, 0.29) is 6.15 Å². The van der Waals surface area contributed by atoms with Crippen molar-refractivity contribution in [2.45, 2.75) is 20.5 Å². The van der Waals surface area contributed by atoms with E-state index in [1.165, 1.54) is 11.1 Å². The van der Waals surface area contributed by atoms with Crippen LogP contribution in [0, 0.1) is 6.92 Å². The molecule has 0 heterocycles. The van der Waals surface area contributed by atoms with Crippen molar-refractivity contribution in [3.05, 3.63) is 35.4 Å². The fraction of sp³-hybridized carbons (Fsp3) is 0.364. The van der Waals surface area contributed by atoms with Crippen LogP contribution in [0.3, 0.4) is 0 Å². The fourth-order valence-corrected chi connectivity index (χ4v) is 0.904. The average Bonchev–Trinajstić information content (AvgIpc) is 2.18. The number of carbonyl (C=O) groups excluding carboxylic acids is 2. The average molecular weight is 194 g/mol. The normalized spacial score (nSPS) is 8.43. The second kappa shape index (κ2) is 8.17. The van der Waals surface area contributed by atoms with Crippen LogP contribution in [-0.2, 0) is 20.9 Å². The first-order chi connectivity index (χ1) is 6.74. The van der Waals surface area contributed by atoms with Gasteiger partial charge in [0.05, 0.1) is 6.61 Å². The highest BCUT2D eigenvalue weighted by Crippen LogP contribution is 2.03. The Kier molecular flexibility index (Phi) is 7.33. The van der Waals surface area contributed by atoms with Crippen LogP contribution >= 0.6 is 0 Å². The molecule has 0 saturated heterocycles. The van der Waals surface area contributed by atoms with Crippen molar-refractivity contribution < 1.29 is 14.3 Å². The third kappa shape index (κ3) is 6.12. The lowest BCUT2D eigenvalue weighted by Gasteiger charge is -2.00. The van der Waals surface area contributed by atoms with Crippen molar-refractivity contribution in [2.75, 3.05) is 6.61 Å². The molecule has 3 nitrogen and oxygen atoms in total. The maximum atomic E-state index is 8.12. The Morgan fingerprint density at radius 1 is 1.21 bits per heavy atom. The Balaban J connectivity index is 0.000000500. The Hall–Kier alpha value is -1.44. The van der Waals surface area contributed by atoms with Gasteiger partial charge in [0.1, 0.15) is 0 Å². The molecule has 0 aromatic heterocycles. The molecule has 1 aromatic rings. The topological polar surface area (TPSA) is 43.4 Å². The van der Waals surface area contributed by atoms with Crippen LogP contribution in [0.1, 0.15) is 18.1 Å². The number of aryl methyl sites for hydroxylation is 1. The van der Waals surface area contributed by atoms with E-state index in [4.69, 9.17) is 14.3 Å². The molecule has 14 heavy (non-hydrogen) atoms. The quantitative estimate of drug-likeness (QED) is 0.738. The largest absolute Gasteiger partial charge is 0.377 e. The molecule has 1 rings (SSSR count). The zero-order valence-corrected chi connectivity index (χ0v) is 8.45. The Bertz CT molecular complexity index is 271. The molecule has 0 fully saturated rings. The minimum Gasteiger partial charge on any atom is -0.377 e. The van der Waals surface area contributed by atoms with Gasteiger partial charge in [0, 0.05) is 6.61 Å². The van der Waals surface area contributed by atoms with Crippen molar-refractivity contribution in [3.63, 3.8) is 0 Å². The van der Waals surface area contributed by atoms with Crippen molar-refractivity contribution in [1.29, 1.82) is 0 Å². The molecule has 0 atom stereocenters. The van der Waals surface area contributed by atoms with Crippen molar-refractivity contribution in [2.24, 2.45) is 0 Å². The lowest BCUT2D eigenvalue weighted by Crippen LogP contribution is -1.90. The Labute approximate surface area is 83.7 Å². The molecule has 0 aliphatic heterocycles. The first kappa shape index (κ1) is 12.6. The molecular weight excluding hydrogens is 180 g/mol. The smallest absolute Gasteiger partial charge is 0.373 e. The second-order valence-electron chi connectivity index (χ2n) is 2.71. The monoisotopic (exact) mass is 194 g/mol. The van der Waals surface area contributed by atoms with E-state index in [1.54, 1.807) is 0 Å². The molecule has 3 heteroatoms. The lowest BCUT2D eigenvalue weighted by atomic mass is 10.2. The highest BCUT2D eigenvalue weighted by Gasteiger charge is 1.89. The summed E-state index contributed by atoms with van der Waals surface area (Å²) in [5.74, 6) is 0. The van der Waals surface area contributed by atoms with E-state index in [1.807, 2.05) is 6.92 Å². The van der Waals surface area contributed by atoms with E-state index >= 15 is 0 Å². The SMILES string of the molecule is CCOCc1ccc(C)cc1.O=C=O. The molecule has 0 aliphatic rings. The van der Waals surface area contributed by atoms with Crippen LogP contribution < -0.4 is 0 Å². The van der Waals surface area contributed by atoms with Gasteiger partial charge in [-0.1, -0.05) is 29.8 Å². The van der Waals surface area contributed by atoms with Crippen molar-refractivity contribution >= 4 is 6.15 Å².